The quantitative estimate of drug-likeness (QED) is 0.325. The van der Waals surface area contributed by atoms with Gasteiger partial charge in [-0.25, -0.2) is 18.2 Å². The number of sulfone groups is 1. The van der Waals surface area contributed by atoms with Crippen LogP contribution in [0.15, 0.2) is 30.3 Å². The zero-order valence-corrected chi connectivity index (χ0v) is 28.7. The van der Waals surface area contributed by atoms with Crippen LogP contribution < -0.4 is 15.4 Å². The fraction of sp³-hybridized carbons (Fsp3) is 0.576. The Kier molecular flexibility index (Phi) is 11.6. The van der Waals surface area contributed by atoms with Gasteiger partial charge < -0.3 is 34.8 Å². The molecule has 2 aliphatic heterocycles. The van der Waals surface area contributed by atoms with Gasteiger partial charge in [0.15, 0.2) is 6.61 Å². The zero-order chi connectivity index (χ0) is 35.1. The Morgan fingerprint density at radius 1 is 0.980 bits per heavy atom. The highest BCUT2D eigenvalue weighted by Crippen LogP contribution is 2.27. The van der Waals surface area contributed by atoms with Crippen molar-refractivity contribution in [1.29, 1.82) is 0 Å². The number of carbonyl (C=O) groups excluding carboxylic acids is 5. The van der Waals surface area contributed by atoms with Crippen molar-refractivity contribution in [2.75, 3.05) is 57.9 Å². The number of ether oxygens (including phenoxy) is 2. The van der Waals surface area contributed by atoms with Crippen molar-refractivity contribution in [2.24, 2.45) is 0 Å². The first-order valence-electron chi connectivity index (χ1n) is 16.7. The maximum Gasteiger partial charge on any atom is 0.409 e. The number of pyridine rings is 1. The first-order valence-corrected chi connectivity index (χ1v) is 18.8. The Balaban J connectivity index is 1.29. The molecule has 15 nitrogen and oxygen atoms in total. The van der Waals surface area contributed by atoms with Gasteiger partial charge in [-0.3, -0.25) is 19.2 Å². The van der Waals surface area contributed by atoms with Crippen molar-refractivity contribution in [3.63, 3.8) is 0 Å². The molecule has 5 amide bonds. The smallest absolute Gasteiger partial charge is 0.409 e. The summed E-state index contributed by atoms with van der Waals surface area (Å²) in [5.41, 5.74) is 0.315. The third kappa shape index (κ3) is 9.16. The molecular formula is C33H44N6O9S. The lowest BCUT2D eigenvalue weighted by Gasteiger charge is -2.36. The van der Waals surface area contributed by atoms with Crippen molar-refractivity contribution in [3.05, 3.63) is 36.0 Å². The summed E-state index contributed by atoms with van der Waals surface area (Å²) in [6, 6.07) is 6.72. The highest BCUT2D eigenvalue weighted by molar-refractivity contribution is 7.90. The second-order valence-electron chi connectivity index (χ2n) is 12.6. The number of para-hydroxylation sites is 1. The fourth-order valence-corrected chi connectivity index (χ4v) is 6.82. The van der Waals surface area contributed by atoms with Crippen molar-refractivity contribution >= 4 is 50.5 Å². The molecule has 49 heavy (non-hydrogen) atoms. The summed E-state index contributed by atoms with van der Waals surface area (Å²) < 4.78 is 35.1. The van der Waals surface area contributed by atoms with Crippen molar-refractivity contribution in [1.82, 2.24) is 30.3 Å². The molecule has 3 aliphatic rings. The van der Waals surface area contributed by atoms with Gasteiger partial charge in [0.25, 0.3) is 11.8 Å². The average molecular weight is 701 g/mol. The number of fused-ring (bicyclic) bond motifs is 1. The number of carbonyl (C=O) groups is 5. The molecule has 0 bridgehead atoms. The Hall–Kier alpha value is -4.47. The van der Waals surface area contributed by atoms with Crippen LogP contribution in [0.1, 0.15) is 55.9 Å². The molecule has 1 aromatic heterocycles. The average Bonchev–Trinajstić information content (AvgIpc) is 3.57. The number of benzene rings is 1. The highest BCUT2D eigenvalue weighted by Gasteiger charge is 2.36. The van der Waals surface area contributed by atoms with E-state index in [-0.39, 0.29) is 80.9 Å². The third-order valence-electron chi connectivity index (χ3n) is 9.09. The molecule has 3 heterocycles. The molecular weight excluding hydrogens is 656 g/mol. The Labute approximate surface area is 285 Å². The van der Waals surface area contributed by atoms with Crippen LogP contribution >= 0.6 is 0 Å². The van der Waals surface area contributed by atoms with Crippen LogP contribution in [-0.4, -0.2) is 134 Å². The second kappa shape index (κ2) is 15.8. The van der Waals surface area contributed by atoms with E-state index < -0.39 is 39.8 Å². The standard InChI is InChI=1S/C33H44N6O9S/c1-3-47-33(44)38-17-15-37(16-18-38)32(43)25(13-19-49(2,45)46)36-30(41)26-20-28(23-10-4-5-11-24(23)35-26)48-21-29(40)39-14-7-12-27(39)31(42)34-22-8-6-9-22/h4-5,10-11,20,22,25,27H,3,6-9,12-19,21H2,1-2H3,(H,34,42)(H,36,41)/t25-,27-/m0/s1. The molecule has 1 saturated carbocycles. The molecule has 266 valence electrons. The molecule has 0 unspecified atom stereocenters. The largest absolute Gasteiger partial charge is 0.483 e. The van der Waals surface area contributed by atoms with Crippen LogP contribution in [0.5, 0.6) is 5.75 Å². The van der Waals surface area contributed by atoms with E-state index in [1.807, 2.05) is 0 Å². The van der Waals surface area contributed by atoms with Gasteiger partial charge in [0.05, 0.1) is 17.9 Å². The van der Waals surface area contributed by atoms with Crippen molar-refractivity contribution < 1.29 is 41.9 Å². The molecule has 2 aromatic rings. The number of hydrogen-bond donors (Lipinski definition) is 2. The first kappa shape index (κ1) is 35.8. The SMILES string of the molecule is CCOC(=O)N1CCN(C(=O)[C@H](CCS(C)(=O)=O)NC(=O)c2cc(OCC(=O)N3CCC[C@H]3C(=O)NC3CCC3)c3ccccc3n2)CC1. The summed E-state index contributed by atoms with van der Waals surface area (Å²) in [5.74, 6) is -1.84. The van der Waals surface area contributed by atoms with E-state index in [0.717, 1.165) is 25.5 Å². The van der Waals surface area contributed by atoms with E-state index in [1.165, 1.54) is 20.8 Å². The van der Waals surface area contributed by atoms with Gasteiger partial charge in [-0.05, 0) is 57.6 Å². The summed E-state index contributed by atoms with van der Waals surface area (Å²) >= 11 is 0. The summed E-state index contributed by atoms with van der Waals surface area (Å²) in [6.45, 7) is 2.83. The summed E-state index contributed by atoms with van der Waals surface area (Å²) in [7, 11) is -3.47. The van der Waals surface area contributed by atoms with Crippen LogP contribution in [0.4, 0.5) is 4.79 Å². The fourth-order valence-electron chi connectivity index (χ4n) is 6.16. The molecule has 16 heteroatoms. The minimum absolute atomic E-state index is 0.0932. The van der Waals surface area contributed by atoms with Crippen LogP contribution in [0.3, 0.4) is 0 Å². The maximum absolute atomic E-state index is 13.6. The normalized spacial score (nSPS) is 18.8. The van der Waals surface area contributed by atoms with E-state index in [4.69, 9.17) is 9.47 Å². The van der Waals surface area contributed by atoms with Gasteiger partial charge >= 0.3 is 6.09 Å². The van der Waals surface area contributed by atoms with Crippen molar-refractivity contribution in [3.8, 4) is 5.75 Å². The number of likely N-dealkylation sites (tertiary alicyclic amines) is 1. The van der Waals surface area contributed by atoms with Gasteiger partial charge in [0.1, 0.15) is 33.4 Å². The van der Waals surface area contributed by atoms with Gasteiger partial charge in [0.2, 0.25) is 11.8 Å². The number of rotatable bonds is 12. The predicted molar refractivity (Wildman–Crippen MR) is 179 cm³/mol. The number of amides is 5. The summed E-state index contributed by atoms with van der Waals surface area (Å²) in [6.07, 6.45) is 4.66. The Morgan fingerprint density at radius 2 is 1.69 bits per heavy atom. The van der Waals surface area contributed by atoms with Gasteiger partial charge in [-0.2, -0.15) is 0 Å². The number of nitrogens with one attached hydrogen (secondary N) is 2. The Morgan fingerprint density at radius 3 is 2.37 bits per heavy atom. The van der Waals surface area contributed by atoms with Crippen LogP contribution in [0, 0.1) is 0 Å². The topological polar surface area (TPSA) is 185 Å². The lowest BCUT2D eigenvalue weighted by atomic mass is 9.93. The van der Waals surface area contributed by atoms with Gasteiger partial charge in [-0.1, -0.05) is 12.1 Å². The summed E-state index contributed by atoms with van der Waals surface area (Å²) in [4.78, 5) is 74.4. The number of nitrogens with zero attached hydrogens (tertiary/aromatic N) is 4. The predicted octanol–water partition coefficient (Wildman–Crippen LogP) is 1.11. The summed E-state index contributed by atoms with van der Waals surface area (Å²) in [5, 5.41) is 6.24. The molecule has 2 atom stereocenters. The van der Waals surface area contributed by atoms with E-state index in [1.54, 1.807) is 31.2 Å². The van der Waals surface area contributed by atoms with Gasteiger partial charge in [0, 0.05) is 56.5 Å². The minimum atomic E-state index is -3.47. The van der Waals surface area contributed by atoms with Crippen LogP contribution in [0.25, 0.3) is 10.9 Å². The van der Waals surface area contributed by atoms with Gasteiger partial charge in [-0.15, -0.1) is 0 Å². The van der Waals surface area contributed by atoms with Crippen LogP contribution in [0.2, 0.25) is 0 Å². The van der Waals surface area contributed by atoms with E-state index in [9.17, 15) is 32.4 Å². The van der Waals surface area contributed by atoms with E-state index in [2.05, 4.69) is 15.6 Å². The minimum Gasteiger partial charge on any atom is -0.483 e. The molecule has 0 spiro atoms. The van der Waals surface area contributed by atoms with Crippen LogP contribution in [-0.2, 0) is 29.0 Å². The van der Waals surface area contributed by atoms with E-state index >= 15 is 0 Å². The second-order valence-corrected chi connectivity index (χ2v) is 14.9. The lowest BCUT2D eigenvalue weighted by molar-refractivity contribution is -0.140. The van der Waals surface area contributed by atoms with Crippen molar-refractivity contribution in [2.45, 2.75) is 63.6 Å². The van der Waals surface area contributed by atoms with E-state index in [0.29, 0.717) is 30.3 Å². The number of aromatic nitrogens is 1. The Bertz CT molecular complexity index is 1670. The molecule has 2 saturated heterocycles. The zero-order valence-electron chi connectivity index (χ0n) is 27.9. The molecule has 1 aromatic carbocycles. The third-order valence-corrected chi connectivity index (χ3v) is 10.1. The molecule has 0 radical (unpaired) electrons. The highest BCUT2D eigenvalue weighted by atomic mass is 32.2. The monoisotopic (exact) mass is 700 g/mol. The molecule has 2 N–H and O–H groups in total. The molecule has 5 rings (SSSR count). The number of hydrogen-bond acceptors (Lipinski definition) is 10. The lowest BCUT2D eigenvalue weighted by Crippen LogP contribution is -2.56. The molecule has 3 fully saturated rings. The first-order chi connectivity index (χ1) is 23.4. The maximum atomic E-state index is 13.6. The number of piperazine rings is 1. The molecule has 1 aliphatic carbocycles.